The number of nitrogens with one attached hydrogen (secondary N) is 1. The molecular formula is C35H38BrClN4O4S. The molecule has 8 nitrogen and oxygen atoms in total. The molecule has 1 N–H and O–H groups in total. The van der Waals surface area contributed by atoms with Crippen LogP contribution in [0.4, 0.5) is 5.95 Å². The third kappa shape index (κ3) is 8.27. The standard InChI is InChI=1S/C35H38BrClN4O4S/c1-4-6-7-13-18-44-32-27(36)19-26(20-29(32)43-5-2)31-30(33(42)45-21-24-14-9-8-10-15-24)23(3)38-34-39-35(40-41(31)34)46-22-25-16-11-12-17-28(25)37/h8-12,14-17,19-20,31H,4-7,13,18,21-22H2,1-3H3,(H,38,39,40). The van der Waals surface area contributed by atoms with Crippen LogP contribution in [0, 0.1) is 0 Å². The van der Waals surface area contributed by atoms with Crippen molar-refractivity contribution in [1.29, 1.82) is 0 Å². The topological polar surface area (TPSA) is 87.5 Å². The van der Waals surface area contributed by atoms with Gasteiger partial charge in [-0.05, 0) is 71.1 Å². The van der Waals surface area contributed by atoms with Crippen LogP contribution in [0.3, 0.4) is 0 Å². The smallest absolute Gasteiger partial charge is 0.338 e. The number of thioether (sulfide) groups is 1. The minimum Gasteiger partial charge on any atom is -0.490 e. The Morgan fingerprint density at radius 1 is 1.04 bits per heavy atom. The molecule has 0 aliphatic carbocycles. The number of halogens is 2. The monoisotopic (exact) mass is 724 g/mol. The van der Waals surface area contributed by atoms with Gasteiger partial charge in [0, 0.05) is 16.5 Å². The number of rotatable bonds is 15. The number of carbonyl (C=O) groups excluding carboxylic acids is 1. The van der Waals surface area contributed by atoms with E-state index in [4.69, 9.17) is 35.9 Å². The van der Waals surface area contributed by atoms with Crippen molar-refractivity contribution in [3.8, 4) is 11.5 Å². The van der Waals surface area contributed by atoms with Gasteiger partial charge >= 0.3 is 5.97 Å². The molecule has 2 heterocycles. The number of fused-ring (bicyclic) bond motifs is 1. The first-order chi connectivity index (χ1) is 22.4. The molecule has 0 amide bonds. The largest absolute Gasteiger partial charge is 0.490 e. The van der Waals surface area contributed by atoms with Gasteiger partial charge < -0.3 is 19.5 Å². The molecule has 1 unspecified atom stereocenters. The predicted octanol–water partition coefficient (Wildman–Crippen LogP) is 9.38. The van der Waals surface area contributed by atoms with Crippen molar-refractivity contribution in [3.05, 3.63) is 104 Å². The van der Waals surface area contributed by atoms with Crippen LogP contribution in [-0.4, -0.2) is 33.9 Å². The summed E-state index contributed by atoms with van der Waals surface area (Å²) in [6.45, 7) is 7.16. The van der Waals surface area contributed by atoms with Crippen LogP contribution in [0.25, 0.3) is 0 Å². The summed E-state index contributed by atoms with van der Waals surface area (Å²) in [5.41, 5.74) is 3.72. The molecular weight excluding hydrogens is 688 g/mol. The van der Waals surface area contributed by atoms with E-state index in [2.05, 4.69) is 28.2 Å². The fourth-order valence-electron chi connectivity index (χ4n) is 5.18. The van der Waals surface area contributed by atoms with Gasteiger partial charge in [-0.3, -0.25) is 0 Å². The van der Waals surface area contributed by atoms with Crippen molar-refractivity contribution < 1.29 is 19.0 Å². The Balaban J connectivity index is 1.50. The maximum Gasteiger partial charge on any atom is 0.338 e. The molecule has 0 fully saturated rings. The SMILES string of the molecule is CCCCCCOc1c(Br)cc(C2C(C(=O)OCc3ccccc3)=C(C)Nc3nc(SCc4ccccc4Cl)nn32)cc1OCC. The zero-order valence-electron chi connectivity index (χ0n) is 26.2. The summed E-state index contributed by atoms with van der Waals surface area (Å²) in [6.07, 6.45) is 4.39. The third-order valence-electron chi connectivity index (χ3n) is 7.47. The Bertz CT molecular complexity index is 1680. The molecule has 1 aliphatic rings. The molecule has 4 aromatic rings. The van der Waals surface area contributed by atoms with Gasteiger partial charge in [-0.25, -0.2) is 9.48 Å². The van der Waals surface area contributed by atoms with Crippen molar-refractivity contribution in [3.63, 3.8) is 0 Å². The number of benzene rings is 3. The number of unbranched alkanes of at least 4 members (excludes halogenated alkanes) is 3. The van der Waals surface area contributed by atoms with Crippen molar-refractivity contribution in [2.24, 2.45) is 0 Å². The summed E-state index contributed by atoms with van der Waals surface area (Å²) in [4.78, 5) is 18.6. The molecule has 1 aromatic heterocycles. The average Bonchev–Trinajstić information content (AvgIpc) is 3.46. The first kappa shape index (κ1) is 33.9. The fraction of sp³-hybridized carbons (Fsp3) is 0.343. The molecule has 0 bridgehead atoms. The van der Waals surface area contributed by atoms with Crippen molar-refractivity contribution in [2.75, 3.05) is 18.5 Å². The minimum atomic E-state index is -0.643. The second-order valence-corrected chi connectivity index (χ2v) is 13.0. The van der Waals surface area contributed by atoms with Crippen LogP contribution in [0.5, 0.6) is 11.5 Å². The normalized spacial score (nSPS) is 14.1. The molecule has 11 heteroatoms. The number of esters is 1. The van der Waals surface area contributed by atoms with E-state index in [1.54, 1.807) is 4.68 Å². The number of nitrogens with zero attached hydrogens (tertiary/aromatic N) is 3. The lowest BCUT2D eigenvalue weighted by Crippen LogP contribution is -2.29. The molecule has 0 saturated heterocycles. The summed E-state index contributed by atoms with van der Waals surface area (Å²) in [5, 5.41) is 9.41. The Morgan fingerprint density at radius 3 is 2.59 bits per heavy atom. The van der Waals surface area contributed by atoms with Crippen LogP contribution in [-0.2, 0) is 21.9 Å². The molecule has 0 saturated carbocycles. The molecule has 1 aliphatic heterocycles. The molecule has 5 rings (SSSR count). The van der Waals surface area contributed by atoms with E-state index in [0.717, 1.165) is 40.4 Å². The van der Waals surface area contributed by atoms with Crippen LogP contribution in [0.1, 0.15) is 69.2 Å². The number of ether oxygens (including phenoxy) is 3. The van der Waals surface area contributed by atoms with Gasteiger partial charge in [0.2, 0.25) is 11.1 Å². The highest BCUT2D eigenvalue weighted by Crippen LogP contribution is 2.43. The third-order valence-corrected chi connectivity index (χ3v) is 9.32. The van der Waals surface area contributed by atoms with Gasteiger partial charge in [0.1, 0.15) is 12.6 Å². The zero-order valence-corrected chi connectivity index (χ0v) is 29.4. The second kappa shape index (κ2) is 16.4. The van der Waals surface area contributed by atoms with Crippen molar-refractivity contribution in [2.45, 2.75) is 70.0 Å². The van der Waals surface area contributed by atoms with Crippen LogP contribution in [0.15, 0.2) is 87.6 Å². The summed E-state index contributed by atoms with van der Waals surface area (Å²) in [7, 11) is 0. The molecule has 1 atom stereocenters. The summed E-state index contributed by atoms with van der Waals surface area (Å²) >= 11 is 11.6. The summed E-state index contributed by atoms with van der Waals surface area (Å²) in [6, 6.07) is 20.6. The Labute approximate surface area is 288 Å². The molecule has 3 aromatic carbocycles. The molecule has 0 spiro atoms. The van der Waals surface area contributed by atoms with E-state index in [-0.39, 0.29) is 6.61 Å². The van der Waals surface area contributed by atoms with Crippen molar-refractivity contribution >= 4 is 51.2 Å². The van der Waals surface area contributed by atoms with E-state index < -0.39 is 12.0 Å². The summed E-state index contributed by atoms with van der Waals surface area (Å²) in [5.74, 6) is 1.89. The van der Waals surface area contributed by atoms with Gasteiger partial charge in [0.15, 0.2) is 11.5 Å². The Kier molecular flexibility index (Phi) is 12.1. The van der Waals surface area contributed by atoms with Gasteiger partial charge in [-0.15, -0.1) is 5.10 Å². The van der Waals surface area contributed by atoms with Gasteiger partial charge in [-0.2, -0.15) is 4.98 Å². The first-order valence-corrected chi connectivity index (χ1v) is 17.7. The Morgan fingerprint density at radius 2 is 1.83 bits per heavy atom. The lowest BCUT2D eigenvalue weighted by molar-refractivity contribution is -0.140. The molecule has 46 heavy (non-hydrogen) atoms. The highest BCUT2D eigenvalue weighted by molar-refractivity contribution is 9.10. The van der Waals surface area contributed by atoms with Gasteiger partial charge in [0.25, 0.3) is 0 Å². The highest BCUT2D eigenvalue weighted by atomic mass is 79.9. The van der Waals surface area contributed by atoms with Crippen LogP contribution >= 0.6 is 39.3 Å². The van der Waals surface area contributed by atoms with Crippen LogP contribution in [0.2, 0.25) is 5.02 Å². The average molecular weight is 726 g/mol. The van der Waals surface area contributed by atoms with E-state index in [1.165, 1.54) is 18.2 Å². The van der Waals surface area contributed by atoms with Gasteiger partial charge in [0.05, 0.1) is 23.3 Å². The number of anilines is 1. The maximum atomic E-state index is 13.9. The second-order valence-electron chi connectivity index (χ2n) is 10.8. The molecule has 242 valence electrons. The lowest BCUT2D eigenvalue weighted by Gasteiger charge is -2.29. The van der Waals surface area contributed by atoms with E-state index in [9.17, 15) is 4.79 Å². The number of allylic oxidation sites excluding steroid dienone is 1. The molecule has 0 radical (unpaired) electrons. The summed E-state index contributed by atoms with van der Waals surface area (Å²) < 4.78 is 20.6. The fourth-order valence-corrected chi connectivity index (χ4v) is 6.86. The van der Waals surface area contributed by atoms with Gasteiger partial charge in [-0.1, -0.05) is 98.1 Å². The highest BCUT2D eigenvalue weighted by Gasteiger charge is 2.36. The number of aromatic nitrogens is 3. The van der Waals surface area contributed by atoms with E-state index >= 15 is 0 Å². The minimum absolute atomic E-state index is 0.144. The first-order valence-electron chi connectivity index (χ1n) is 15.5. The zero-order chi connectivity index (χ0) is 32.5. The predicted molar refractivity (Wildman–Crippen MR) is 187 cm³/mol. The van der Waals surface area contributed by atoms with Crippen molar-refractivity contribution in [1.82, 2.24) is 14.8 Å². The Hall–Kier alpha value is -3.47. The lowest BCUT2D eigenvalue weighted by atomic mass is 9.95. The van der Waals surface area contributed by atoms with E-state index in [1.807, 2.05) is 80.6 Å². The van der Waals surface area contributed by atoms with Crippen LogP contribution < -0.4 is 14.8 Å². The quantitative estimate of drug-likeness (QED) is 0.0737. The number of hydrogen-bond donors (Lipinski definition) is 1. The van der Waals surface area contributed by atoms with E-state index in [0.29, 0.717) is 57.9 Å². The maximum absolute atomic E-state index is 13.9. The number of hydrogen-bond acceptors (Lipinski definition) is 8. The number of carbonyl (C=O) groups is 1.